The van der Waals surface area contributed by atoms with Crippen LogP contribution in [0.2, 0.25) is 5.02 Å². The Bertz CT molecular complexity index is 489. The molecule has 0 aromatic heterocycles. The molecule has 2 rings (SSSR count). The molecule has 2 atom stereocenters. The fourth-order valence-corrected chi connectivity index (χ4v) is 3.98. The molecular weight excluding hydrogens is 354 g/mol. The molecule has 1 aliphatic rings. The van der Waals surface area contributed by atoms with E-state index in [-0.39, 0.29) is 11.6 Å². The van der Waals surface area contributed by atoms with Gasteiger partial charge < -0.3 is 14.8 Å². The van der Waals surface area contributed by atoms with Crippen molar-refractivity contribution < 1.29 is 9.47 Å². The van der Waals surface area contributed by atoms with Gasteiger partial charge in [-0.05, 0) is 60.8 Å². The second-order valence-corrected chi connectivity index (χ2v) is 6.95. The van der Waals surface area contributed by atoms with E-state index in [1.54, 1.807) is 7.11 Å². The van der Waals surface area contributed by atoms with Crippen LogP contribution in [0, 0.1) is 0 Å². The van der Waals surface area contributed by atoms with Crippen molar-refractivity contribution in [2.75, 3.05) is 20.3 Å². The SMILES string of the molecule is CCCNC(c1cc(Cl)cc(Br)c1OC)C1(C)CCCO1. The summed E-state index contributed by atoms with van der Waals surface area (Å²) in [5, 5.41) is 4.31. The van der Waals surface area contributed by atoms with E-state index < -0.39 is 0 Å². The van der Waals surface area contributed by atoms with Crippen LogP contribution in [0.3, 0.4) is 0 Å². The molecule has 118 valence electrons. The number of halogens is 2. The van der Waals surface area contributed by atoms with Gasteiger partial charge in [0.05, 0.1) is 23.2 Å². The number of hydrogen-bond acceptors (Lipinski definition) is 3. The maximum Gasteiger partial charge on any atom is 0.138 e. The van der Waals surface area contributed by atoms with Gasteiger partial charge in [-0.2, -0.15) is 0 Å². The van der Waals surface area contributed by atoms with E-state index in [0.29, 0.717) is 5.02 Å². The number of nitrogens with one attached hydrogen (secondary N) is 1. The van der Waals surface area contributed by atoms with Crippen molar-refractivity contribution in [3.8, 4) is 5.75 Å². The van der Waals surface area contributed by atoms with Crippen LogP contribution in [0.1, 0.15) is 44.7 Å². The van der Waals surface area contributed by atoms with Gasteiger partial charge >= 0.3 is 0 Å². The summed E-state index contributed by atoms with van der Waals surface area (Å²) in [6, 6.07) is 3.90. The zero-order valence-corrected chi connectivity index (χ0v) is 15.2. The minimum atomic E-state index is -0.230. The molecule has 2 unspecified atom stereocenters. The fourth-order valence-electron chi connectivity index (χ4n) is 2.98. The maximum absolute atomic E-state index is 6.26. The molecule has 0 saturated carbocycles. The first-order valence-corrected chi connectivity index (χ1v) is 8.59. The second-order valence-electron chi connectivity index (χ2n) is 5.66. The summed E-state index contributed by atoms with van der Waals surface area (Å²) in [5.41, 5.74) is 0.821. The molecule has 5 heteroatoms. The van der Waals surface area contributed by atoms with Crippen molar-refractivity contribution >= 4 is 27.5 Å². The molecule has 1 fully saturated rings. The number of rotatable bonds is 6. The Hall–Kier alpha value is -0.290. The van der Waals surface area contributed by atoms with Crippen molar-refractivity contribution in [1.82, 2.24) is 5.32 Å². The van der Waals surface area contributed by atoms with Crippen molar-refractivity contribution in [2.24, 2.45) is 0 Å². The maximum atomic E-state index is 6.26. The topological polar surface area (TPSA) is 30.5 Å². The van der Waals surface area contributed by atoms with Crippen LogP contribution in [0.15, 0.2) is 16.6 Å². The van der Waals surface area contributed by atoms with Gasteiger partial charge in [0.1, 0.15) is 5.75 Å². The van der Waals surface area contributed by atoms with E-state index in [2.05, 4.69) is 35.1 Å². The number of methoxy groups -OCH3 is 1. The molecule has 1 heterocycles. The molecule has 0 amide bonds. The molecule has 1 aromatic rings. The second kappa shape index (κ2) is 7.32. The van der Waals surface area contributed by atoms with E-state index in [1.165, 1.54) is 0 Å². The zero-order chi connectivity index (χ0) is 15.5. The summed E-state index contributed by atoms with van der Waals surface area (Å²) in [7, 11) is 1.69. The molecule has 0 bridgehead atoms. The lowest BCUT2D eigenvalue weighted by Crippen LogP contribution is -2.41. The lowest BCUT2D eigenvalue weighted by atomic mass is 9.87. The zero-order valence-electron chi connectivity index (χ0n) is 12.8. The summed E-state index contributed by atoms with van der Waals surface area (Å²) in [4.78, 5) is 0. The molecule has 1 saturated heterocycles. The van der Waals surface area contributed by atoms with Gasteiger partial charge in [0.15, 0.2) is 0 Å². The van der Waals surface area contributed by atoms with Crippen LogP contribution in [0.25, 0.3) is 0 Å². The highest BCUT2D eigenvalue weighted by atomic mass is 79.9. The van der Waals surface area contributed by atoms with Gasteiger partial charge in [-0.1, -0.05) is 18.5 Å². The van der Waals surface area contributed by atoms with Crippen LogP contribution in [-0.4, -0.2) is 25.9 Å². The van der Waals surface area contributed by atoms with Gasteiger partial charge in [-0.3, -0.25) is 0 Å². The quantitative estimate of drug-likeness (QED) is 0.779. The Morgan fingerprint density at radius 2 is 2.29 bits per heavy atom. The number of benzene rings is 1. The van der Waals surface area contributed by atoms with Crippen LogP contribution < -0.4 is 10.1 Å². The van der Waals surface area contributed by atoms with Crippen molar-refractivity contribution in [3.63, 3.8) is 0 Å². The Morgan fingerprint density at radius 1 is 1.52 bits per heavy atom. The first-order valence-electron chi connectivity index (χ1n) is 7.42. The molecule has 0 aliphatic carbocycles. The average molecular weight is 377 g/mol. The molecule has 21 heavy (non-hydrogen) atoms. The van der Waals surface area contributed by atoms with Gasteiger partial charge in [0, 0.05) is 17.2 Å². The third kappa shape index (κ3) is 3.73. The molecule has 3 nitrogen and oxygen atoms in total. The largest absolute Gasteiger partial charge is 0.495 e. The van der Waals surface area contributed by atoms with Gasteiger partial charge in [0.2, 0.25) is 0 Å². The third-order valence-corrected chi connectivity index (χ3v) is 4.82. The lowest BCUT2D eigenvalue weighted by molar-refractivity contribution is -0.0130. The Morgan fingerprint density at radius 3 is 2.86 bits per heavy atom. The van der Waals surface area contributed by atoms with Crippen molar-refractivity contribution in [1.29, 1.82) is 0 Å². The van der Waals surface area contributed by atoms with E-state index >= 15 is 0 Å². The summed E-state index contributed by atoms with van der Waals surface area (Å²) in [6.07, 6.45) is 3.18. The van der Waals surface area contributed by atoms with Crippen LogP contribution >= 0.6 is 27.5 Å². The fraction of sp³-hybridized carbons (Fsp3) is 0.625. The number of ether oxygens (including phenoxy) is 2. The third-order valence-electron chi connectivity index (χ3n) is 4.01. The minimum Gasteiger partial charge on any atom is -0.495 e. The van der Waals surface area contributed by atoms with Crippen LogP contribution in [-0.2, 0) is 4.74 Å². The van der Waals surface area contributed by atoms with Crippen LogP contribution in [0.5, 0.6) is 5.75 Å². The summed E-state index contributed by atoms with van der Waals surface area (Å²) >= 11 is 9.80. The summed E-state index contributed by atoms with van der Waals surface area (Å²) < 4.78 is 12.5. The average Bonchev–Trinajstić information content (AvgIpc) is 2.86. The summed E-state index contributed by atoms with van der Waals surface area (Å²) in [6.45, 7) is 6.07. The highest BCUT2D eigenvalue weighted by molar-refractivity contribution is 9.10. The predicted octanol–water partition coefficient (Wildman–Crippen LogP) is 4.72. The number of hydrogen-bond donors (Lipinski definition) is 1. The Labute approximate surface area is 140 Å². The standard InChI is InChI=1S/C16H23BrClNO2/c1-4-7-19-15(16(2)6-5-8-21-16)12-9-11(18)10-13(17)14(12)20-3/h9-10,15,19H,4-8H2,1-3H3. The van der Waals surface area contributed by atoms with E-state index in [9.17, 15) is 0 Å². The molecule has 0 radical (unpaired) electrons. The van der Waals surface area contributed by atoms with Gasteiger partial charge in [0.25, 0.3) is 0 Å². The smallest absolute Gasteiger partial charge is 0.138 e. The highest BCUT2D eigenvalue weighted by Gasteiger charge is 2.40. The van der Waals surface area contributed by atoms with Crippen molar-refractivity contribution in [2.45, 2.75) is 44.8 Å². The minimum absolute atomic E-state index is 0.0601. The Balaban J connectivity index is 2.45. The lowest BCUT2D eigenvalue weighted by Gasteiger charge is -2.35. The molecular formula is C16H23BrClNO2. The van der Waals surface area contributed by atoms with E-state index in [4.69, 9.17) is 21.1 Å². The monoisotopic (exact) mass is 375 g/mol. The predicted molar refractivity (Wildman–Crippen MR) is 90.3 cm³/mol. The van der Waals surface area contributed by atoms with Crippen LogP contribution in [0.4, 0.5) is 0 Å². The first kappa shape index (κ1) is 17.1. The van der Waals surface area contributed by atoms with E-state index in [0.717, 1.165) is 48.2 Å². The van der Waals surface area contributed by atoms with Crippen molar-refractivity contribution in [3.05, 3.63) is 27.2 Å². The molecule has 0 spiro atoms. The first-order chi connectivity index (χ1) is 10.0. The van der Waals surface area contributed by atoms with E-state index in [1.807, 2.05) is 12.1 Å². The molecule has 1 aromatic carbocycles. The molecule has 1 N–H and O–H groups in total. The summed E-state index contributed by atoms with van der Waals surface area (Å²) in [5.74, 6) is 0.824. The Kier molecular flexibility index (Phi) is 5.95. The molecule has 1 aliphatic heterocycles. The highest BCUT2D eigenvalue weighted by Crippen LogP contribution is 2.44. The van der Waals surface area contributed by atoms with Gasteiger partial charge in [-0.15, -0.1) is 0 Å². The van der Waals surface area contributed by atoms with Gasteiger partial charge in [-0.25, -0.2) is 0 Å². The normalized spacial score (nSPS) is 23.3.